The zero-order valence-electron chi connectivity index (χ0n) is 9.91. The third-order valence-electron chi connectivity index (χ3n) is 2.82. The summed E-state index contributed by atoms with van der Waals surface area (Å²) in [6, 6.07) is 1.85. The van der Waals surface area contributed by atoms with Gasteiger partial charge >= 0.3 is 0 Å². The lowest BCUT2D eigenvalue weighted by Gasteiger charge is -2.32. The van der Waals surface area contributed by atoms with Gasteiger partial charge in [0, 0.05) is 37.7 Å². The predicted octanol–water partition coefficient (Wildman–Crippen LogP) is 2.74. The van der Waals surface area contributed by atoms with E-state index in [0.29, 0.717) is 18.2 Å². The molecule has 1 aromatic heterocycles. The SMILES string of the molecule is CSc1nc(C)cc(N2CCC(F)(F)CC2)n1. The zero-order valence-corrected chi connectivity index (χ0v) is 10.7. The summed E-state index contributed by atoms with van der Waals surface area (Å²) in [4.78, 5) is 10.5. The van der Waals surface area contributed by atoms with Crippen LogP contribution in [0.4, 0.5) is 14.6 Å². The Morgan fingerprint density at radius 3 is 2.53 bits per heavy atom. The maximum atomic E-state index is 13.1. The van der Waals surface area contributed by atoms with Crippen LogP contribution in [0.2, 0.25) is 0 Å². The summed E-state index contributed by atoms with van der Waals surface area (Å²) in [6.45, 7) is 2.61. The van der Waals surface area contributed by atoms with Gasteiger partial charge in [0.1, 0.15) is 5.82 Å². The molecule has 0 bridgehead atoms. The molecular weight excluding hydrogens is 244 g/mol. The molecule has 2 heterocycles. The Balaban J connectivity index is 2.15. The minimum absolute atomic E-state index is 0.0926. The van der Waals surface area contributed by atoms with Crippen LogP contribution < -0.4 is 4.90 Å². The van der Waals surface area contributed by atoms with Gasteiger partial charge in [-0.05, 0) is 13.2 Å². The van der Waals surface area contributed by atoms with Crippen LogP contribution in [0.15, 0.2) is 11.2 Å². The molecule has 1 aromatic rings. The number of halogens is 2. The third-order valence-corrected chi connectivity index (χ3v) is 3.37. The second kappa shape index (κ2) is 4.76. The van der Waals surface area contributed by atoms with Gasteiger partial charge in [0.05, 0.1) is 0 Å². The first-order valence-corrected chi connectivity index (χ1v) is 6.75. The molecule has 2 rings (SSSR count). The van der Waals surface area contributed by atoms with Gasteiger partial charge in [0.15, 0.2) is 5.16 Å². The van der Waals surface area contributed by atoms with Crippen LogP contribution in [-0.4, -0.2) is 35.2 Å². The van der Waals surface area contributed by atoms with E-state index in [9.17, 15) is 8.78 Å². The lowest BCUT2D eigenvalue weighted by molar-refractivity contribution is -0.0221. The van der Waals surface area contributed by atoms with Gasteiger partial charge in [-0.1, -0.05) is 11.8 Å². The average molecular weight is 259 g/mol. The molecule has 0 aliphatic carbocycles. The molecule has 0 amide bonds. The van der Waals surface area contributed by atoms with Gasteiger partial charge < -0.3 is 4.90 Å². The minimum Gasteiger partial charge on any atom is -0.356 e. The van der Waals surface area contributed by atoms with Crippen molar-refractivity contribution in [2.45, 2.75) is 30.8 Å². The van der Waals surface area contributed by atoms with Gasteiger partial charge in [-0.25, -0.2) is 18.7 Å². The monoisotopic (exact) mass is 259 g/mol. The van der Waals surface area contributed by atoms with Crippen LogP contribution in [0.5, 0.6) is 0 Å². The van der Waals surface area contributed by atoms with E-state index in [1.54, 1.807) is 0 Å². The van der Waals surface area contributed by atoms with Crippen molar-refractivity contribution in [1.82, 2.24) is 9.97 Å². The third kappa shape index (κ3) is 3.06. The van der Waals surface area contributed by atoms with Crippen molar-refractivity contribution in [3.8, 4) is 0 Å². The minimum atomic E-state index is -2.51. The van der Waals surface area contributed by atoms with E-state index in [-0.39, 0.29) is 12.8 Å². The number of thioether (sulfide) groups is 1. The second-order valence-electron chi connectivity index (χ2n) is 4.20. The molecule has 0 spiro atoms. The Morgan fingerprint density at radius 1 is 1.29 bits per heavy atom. The van der Waals surface area contributed by atoms with Crippen molar-refractivity contribution in [3.63, 3.8) is 0 Å². The van der Waals surface area contributed by atoms with Gasteiger partial charge in [0.25, 0.3) is 5.92 Å². The van der Waals surface area contributed by atoms with Gasteiger partial charge in [-0.15, -0.1) is 0 Å². The number of anilines is 1. The van der Waals surface area contributed by atoms with E-state index < -0.39 is 5.92 Å². The van der Waals surface area contributed by atoms with E-state index >= 15 is 0 Å². The first-order valence-electron chi connectivity index (χ1n) is 5.53. The van der Waals surface area contributed by atoms with E-state index in [1.165, 1.54) is 11.8 Å². The normalized spacial score (nSPS) is 19.4. The lowest BCUT2D eigenvalue weighted by atomic mass is 10.1. The van der Waals surface area contributed by atoms with Crippen molar-refractivity contribution in [1.29, 1.82) is 0 Å². The highest BCUT2D eigenvalue weighted by Crippen LogP contribution is 2.30. The van der Waals surface area contributed by atoms with Gasteiger partial charge in [0.2, 0.25) is 0 Å². The molecule has 0 atom stereocenters. The number of hydrogen-bond acceptors (Lipinski definition) is 4. The highest BCUT2D eigenvalue weighted by atomic mass is 32.2. The van der Waals surface area contributed by atoms with E-state index in [0.717, 1.165) is 11.5 Å². The average Bonchev–Trinajstić information content (AvgIpc) is 2.28. The molecule has 1 fully saturated rings. The largest absolute Gasteiger partial charge is 0.356 e. The van der Waals surface area contributed by atoms with E-state index in [1.807, 2.05) is 24.1 Å². The summed E-state index contributed by atoms with van der Waals surface area (Å²) in [7, 11) is 0. The van der Waals surface area contributed by atoms with E-state index in [4.69, 9.17) is 0 Å². The molecule has 6 heteroatoms. The number of nitrogens with zero attached hydrogens (tertiary/aromatic N) is 3. The fourth-order valence-corrected chi connectivity index (χ4v) is 2.26. The standard InChI is InChI=1S/C11H15F2N3S/c1-8-7-9(15-10(14-8)17-2)16-5-3-11(12,13)4-6-16/h7H,3-6H2,1-2H3. The van der Waals surface area contributed by atoms with E-state index in [2.05, 4.69) is 9.97 Å². The predicted molar refractivity (Wildman–Crippen MR) is 64.9 cm³/mol. The first-order chi connectivity index (χ1) is 8.00. The quantitative estimate of drug-likeness (QED) is 0.603. The van der Waals surface area contributed by atoms with Gasteiger partial charge in [-0.2, -0.15) is 0 Å². The summed E-state index contributed by atoms with van der Waals surface area (Å²) in [6.07, 6.45) is 1.72. The fourth-order valence-electron chi connectivity index (χ4n) is 1.84. The van der Waals surface area contributed by atoms with Crippen LogP contribution in [0, 0.1) is 6.92 Å². The summed E-state index contributed by atoms with van der Waals surface area (Å²) >= 11 is 1.46. The van der Waals surface area contributed by atoms with Crippen molar-refractivity contribution in [2.24, 2.45) is 0 Å². The Bertz CT molecular complexity index is 402. The highest BCUT2D eigenvalue weighted by molar-refractivity contribution is 7.98. The lowest BCUT2D eigenvalue weighted by Crippen LogP contribution is -2.39. The van der Waals surface area contributed by atoms with Crippen LogP contribution in [0.25, 0.3) is 0 Å². The molecule has 1 saturated heterocycles. The Hall–Kier alpha value is -0.910. The van der Waals surface area contributed by atoms with Crippen molar-refractivity contribution in [2.75, 3.05) is 24.2 Å². The molecule has 1 aliphatic rings. The zero-order chi connectivity index (χ0) is 12.5. The van der Waals surface area contributed by atoms with Crippen molar-refractivity contribution in [3.05, 3.63) is 11.8 Å². The number of alkyl halides is 2. The summed E-state index contributed by atoms with van der Waals surface area (Å²) < 4.78 is 26.1. The smallest absolute Gasteiger partial charge is 0.251 e. The Morgan fingerprint density at radius 2 is 1.94 bits per heavy atom. The molecule has 1 aliphatic heterocycles. The molecule has 0 N–H and O–H groups in total. The molecule has 94 valence electrons. The molecule has 3 nitrogen and oxygen atoms in total. The highest BCUT2D eigenvalue weighted by Gasteiger charge is 2.34. The summed E-state index contributed by atoms with van der Waals surface area (Å²) in [5.41, 5.74) is 0.872. The van der Waals surface area contributed by atoms with Crippen LogP contribution in [0.3, 0.4) is 0 Å². The molecule has 0 saturated carbocycles. The number of rotatable bonds is 2. The molecular formula is C11H15F2N3S. The summed E-state index contributed by atoms with van der Waals surface area (Å²) in [5.74, 6) is -1.75. The molecule has 0 aromatic carbocycles. The number of aromatic nitrogens is 2. The first kappa shape index (κ1) is 12.5. The topological polar surface area (TPSA) is 29.0 Å². The van der Waals surface area contributed by atoms with Crippen molar-refractivity contribution >= 4 is 17.6 Å². The number of aryl methyl sites for hydroxylation is 1. The summed E-state index contributed by atoms with van der Waals surface area (Å²) in [5, 5.41) is 0.692. The Kier molecular flexibility index (Phi) is 3.51. The molecule has 17 heavy (non-hydrogen) atoms. The number of piperidine rings is 1. The molecule has 0 unspecified atom stereocenters. The maximum absolute atomic E-state index is 13.1. The van der Waals surface area contributed by atoms with Crippen LogP contribution in [0.1, 0.15) is 18.5 Å². The number of hydrogen-bond donors (Lipinski definition) is 0. The molecule has 0 radical (unpaired) electrons. The fraction of sp³-hybridized carbons (Fsp3) is 0.636. The second-order valence-corrected chi connectivity index (χ2v) is 4.97. The van der Waals surface area contributed by atoms with Crippen LogP contribution in [-0.2, 0) is 0 Å². The Labute approximate surface area is 104 Å². The van der Waals surface area contributed by atoms with Gasteiger partial charge in [-0.3, -0.25) is 0 Å². The van der Waals surface area contributed by atoms with Crippen LogP contribution >= 0.6 is 11.8 Å². The maximum Gasteiger partial charge on any atom is 0.251 e. The van der Waals surface area contributed by atoms with Crippen molar-refractivity contribution < 1.29 is 8.78 Å².